The van der Waals surface area contributed by atoms with Crippen molar-refractivity contribution in [1.82, 2.24) is 0 Å². The first-order valence-corrected chi connectivity index (χ1v) is 13.3. The van der Waals surface area contributed by atoms with Crippen LogP contribution < -0.4 is 0 Å². The molecule has 2 fully saturated rings. The molecule has 6 heteroatoms. The fourth-order valence-electron chi connectivity index (χ4n) is 6.22. The van der Waals surface area contributed by atoms with Crippen molar-refractivity contribution in [3.8, 4) is 0 Å². The van der Waals surface area contributed by atoms with Crippen molar-refractivity contribution in [2.75, 3.05) is 0 Å². The SMILES string of the molecule is CCCCCC1CCC(CCC2CCC(c3ccccc3C(F)(F)C(F)C(F)(F)F)CC2)CC1. The second-order valence-corrected chi connectivity index (χ2v) is 10.8. The zero-order valence-corrected chi connectivity index (χ0v) is 20.4. The number of halogens is 6. The summed E-state index contributed by atoms with van der Waals surface area (Å²) in [5, 5.41) is 0. The van der Waals surface area contributed by atoms with E-state index in [2.05, 4.69) is 6.92 Å². The molecule has 0 bridgehead atoms. The van der Waals surface area contributed by atoms with E-state index in [0.717, 1.165) is 37.2 Å². The topological polar surface area (TPSA) is 0 Å². The van der Waals surface area contributed by atoms with Crippen molar-refractivity contribution in [2.24, 2.45) is 17.8 Å². The molecule has 1 atom stereocenters. The van der Waals surface area contributed by atoms with Gasteiger partial charge >= 0.3 is 12.1 Å². The lowest BCUT2D eigenvalue weighted by Gasteiger charge is -2.33. The monoisotopic (exact) mass is 490 g/mol. The average Bonchev–Trinajstić information content (AvgIpc) is 2.83. The lowest BCUT2D eigenvalue weighted by atomic mass is 9.73. The number of rotatable bonds is 10. The highest BCUT2D eigenvalue weighted by Gasteiger charge is 2.58. The Bertz CT molecular complexity index is 727. The van der Waals surface area contributed by atoms with Gasteiger partial charge in [0.25, 0.3) is 6.17 Å². The first-order valence-electron chi connectivity index (χ1n) is 13.3. The summed E-state index contributed by atoms with van der Waals surface area (Å²) in [5.41, 5.74) is -0.627. The quantitative estimate of drug-likeness (QED) is 0.226. The molecule has 0 saturated heterocycles. The van der Waals surface area contributed by atoms with Crippen molar-refractivity contribution in [1.29, 1.82) is 0 Å². The van der Waals surface area contributed by atoms with E-state index in [1.54, 1.807) is 6.07 Å². The fourth-order valence-corrected chi connectivity index (χ4v) is 6.22. The Morgan fingerprint density at radius 2 is 1.24 bits per heavy atom. The summed E-state index contributed by atoms with van der Waals surface area (Å²) in [6, 6.07) is 5.23. The van der Waals surface area contributed by atoms with Crippen LogP contribution >= 0.6 is 0 Å². The van der Waals surface area contributed by atoms with Crippen molar-refractivity contribution in [2.45, 2.75) is 121 Å². The summed E-state index contributed by atoms with van der Waals surface area (Å²) in [7, 11) is 0. The Balaban J connectivity index is 1.48. The Labute approximate surface area is 200 Å². The van der Waals surface area contributed by atoms with Gasteiger partial charge in [0.15, 0.2) is 0 Å². The lowest BCUT2D eigenvalue weighted by molar-refractivity contribution is -0.248. The number of benzene rings is 1. The molecule has 1 aromatic rings. The van der Waals surface area contributed by atoms with Crippen LogP contribution in [0.3, 0.4) is 0 Å². The van der Waals surface area contributed by atoms with Crippen LogP contribution in [-0.4, -0.2) is 12.3 Å². The van der Waals surface area contributed by atoms with Crippen LogP contribution in [0.2, 0.25) is 0 Å². The maximum Gasteiger partial charge on any atom is 0.426 e. The van der Waals surface area contributed by atoms with Gasteiger partial charge < -0.3 is 0 Å². The molecule has 2 aliphatic rings. The summed E-state index contributed by atoms with van der Waals surface area (Å²) in [6.45, 7) is 2.24. The molecule has 1 aromatic carbocycles. The molecule has 1 unspecified atom stereocenters. The number of unbranched alkanes of at least 4 members (excludes halogenated alkanes) is 2. The van der Waals surface area contributed by atoms with Crippen LogP contribution in [0.5, 0.6) is 0 Å². The van der Waals surface area contributed by atoms with Gasteiger partial charge in [0, 0.05) is 5.56 Å². The standard InChI is InChI=1S/C28H40F6/c1-2-3-4-7-20-10-12-21(13-11-20)14-15-22-16-18-23(19-17-22)24-8-5-6-9-25(24)27(30,31)26(29)28(32,33)34/h5-6,8-9,20-23,26H,2-4,7,10-19H2,1H3. The van der Waals surface area contributed by atoms with E-state index in [0.29, 0.717) is 18.8 Å². The van der Waals surface area contributed by atoms with Gasteiger partial charge in [-0.2, -0.15) is 22.0 Å². The third-order valence-corrected chi connectivity index (χ3v) is 8.38. The Morgan fingerprint density at radius 3 is 1.76 bits per heavy atom. The number of hydrogen-bond donors (Lipinski definition) is 0. The van der Waals surface area contributed by atoms with E-state index < -0.39 is 23.8 Å². The Morgan fingerprint density at radius 1 is 0.735 bits per heavy atom. The third-order valence-electron chi connectivity index (χ3n) is 8.38. The molecule has 0 radical (unpaired) electrons. The third kappa shape index (κ3) is 7.16. The molecule has 194 valence electrons. The number of hydrogen-bond acceptors (Lipinski definition) is 0. The largest absolute Gasteiger partial charge is 0.426 e. The summed E-state index contributed by atoms with van der Waals surface area (Å²) in [4.78, 5) is 0. The Hall–Kier alpha value is -1.20. The minimum absolute atomic E-state index is 0.180. The van der Waals surface area contributed by atoms with E-state index in [1.165, 1.54) is 69.9 Å². The first-order chi connectivity index (χ1) is 16.1. The van der Waals surface area contributed by atoms with Crippen LogP contribution in [0.15, 0.2) is 24.3 Å². The van der Waals surface area contributed by atoms with Gasteiger partial charge in [-0.1, -0.05) is 95.4 Å². The van der Waals surface area contributed by atoms with E-state index in [9.17, 15) is 26.3 Å². The van der Waals surface area contributed by atoms with Crippen molar-refractivity contribution < 1.29 is 26.3 Å². The molecule has 0 heterocycles. The molecule has 0 nitrogen and oxygen atoms in total. The van der Waals surface area contributed by atoms with Gasteiger partial charge in [-0.05, 0) is 54.9 Å². The zero-order valence-electron chi connectivity index (χ0n) is 20.4. The van der Waals surface area contributed by atoms with Gasteiger partial charge in [0.2, 0.25) is 0 Å². The normalized spacial score (nSPS) is 27.5. The van der Waals surface area contributed by atoms with Crippen molar-refractivity contribution >= 4 is 0 Å². The lowest BCUT2D eigenvalue weighted by Crippen LogP contribution is -2.40. The molecule has 2 saturated carbocycles. The van der Waals surface area contributed by atoms with Gasteiger partial charge in [0.1, 0.15) is 0 Å². The van der Waals surface area contributed by atoms with Crippen molar-refractivity contribution in [3.05, 3.63) is 35.4 Å². The van der Waals surface area contributed by atoms with E-state index in [4.69, 9.17) is 0 Å². The van der Waals surface area contributed by atoms with Crippen LogP contribution in [0.4, 0.5) is 26.3 Å². The smallest absolute Gasteiger partial charge is 0.230 e. The fraction of sp³-hybridized carbons (Fsp3) is 0.786. The van der Waals surface area contributed by atoms with E-state index >= 15 is 0 Å². The van der Waals surface area contributed by atoms with E-state index in [-0.39, 0.29) is 11.5 Å². The molecule has 2 aliphatic carbocycles. The van der Waals surface area contributed by atoms with Crippen LogP contribution in [-0.2, 0) is 5.92 Å². The summed E-state index contributed by atoms with van der Waals surface area (Å²) in [5.74, 6) is -2.57. The average molecular weight is 491 g/mol. The second kappa shape index (κ2) is 12.2. The number of alkyl halides is 6. The van der Waals surface area contributed by atoms with Crippen molar-refractivity contribution in [3.63, 3.8) is 0 Å². The molecule has 34 heavy (non-hydrogen) atoms. The highest BCUT2D eigenvalue weighted by atomic mass is 19.4. The maximum atomic E-state index is 14.5. The van der Waals surface area contributed by atoms with Gasteiger partial charge in [-0.15, -0.1) is 0 Å². The molecule has 0 aromatic heterocycles. The van der Waals surface area contributed by atoms with Crippen LogP contribution in [0.1, 0.15) is 114 Å². The zero-order chi connectivity index (χ0) is 24.8. The van der Waals surface area contributed by atoms with Gasteiger partial charge in [-0.3, -0.25) is 0 Å². The highest BCUT2D eigenvalue weighted by molar-refractivity contribution is 5.35. The van der Waals surface area contributed by atoms with E-state index in [1.807, 2.05) is 0 Å². The second-order valence-electron chi connectivity index (χ2n) is 10.8. The van der Waals surface area contributed by atoms with Crippen LogP contribution in [0, 0.1) is 17.8 Å². The molecule has 3 rings (SSSR count). The summed E-state index contributed by atoms with van der Waals surface area (Å²) < 4.78 is 80.8. The Kier molecular flexibility index (Phi) is 9.80. The van der Waals surface area contributed by atoms with Crippen LogP contribution in [0.25, 0.3) is 0 Å². The minimum atomic E-state index is -5.59. The first kappa shape index (κ1) is 27.4. The predicted molar refractivity (Wildman–Crippen MR) is 125 cm³/mol. The molecule has 0 amide bonds. The molecular formula is C28H40F6. The molecule has 0 N–H and O–H groups in total. The maximum absolute atomic E-state index is 14.5. The summed E-state index contributed by atoms with van der Waals surface area (Å²) in [6.07, 6.45) is 6.38. The molecule has 0 aliphatic heterocycles. The van der Waals surface area contributed by atoms with Gasteiger partial charge in [-0.25, -0.2) is 4.39 Å². The predicted octanol–water partition coefficient (Wildman–Crippen LogP) is 10.1. The summed E-state index contributed by atoms with van der Waals surface area (Å²) >= 11 is 0. The highest BCUT2D eigenvalue weighted by Crippen LogP contribution is 2.47. The minimum Gasteiger partial charge on any atom is -0.230 e. The molecule has 0 spiro atoms. The molecular weight excluding hydrogens is 450 g/mol. The van der Waals surface area contributed by atoms with Gasteiger partial charge in [0.05, 0.1) is 0 Å².